The molecule has 1 aromatic carbocycles. The Morgan fingerprint density at radius 1 is 1.43 bits per heavy atom. The Balaban J connectivity index is 3.02. The second-order valence-corrected chi connectivity index (χ2v) is 3.58. The van der Waals surface area contributed by atoms with Crippen molar-refractivity contribution in [2.45, 2.75) is 13.3 Å². The van der Waals surface area contributed by atoms with Crippen LogP contribution in [0.2, 0.25) is 10.0 Å². The summed E-state index contributed by atoms with van der Waals surface area (Å²) in [6.07, 6.45) is 0.372. The van der Waals surface area contributed by atoms with Gasteiger partial charge in [0.2, 0.25) is 5.91 Å². The lowest BCUT2D eigenvalue weighted by Gasteiger charge is -2.08. The fraction of sp³-hybridized carbons (Fsp3) is 0.222. The molecule has 3 N–H and O–H groups in total. The number of halogens is 2. The first-order valence-corrected chi connectivity index (χ1v) is 4.84. The summed E-state index contributed by atoms with van der Waals surface area (Å²) in [6, 6.07) is 3.08. The maximum absolute atomic E-state index is 11.1. The van der Waals surface area contributed by atoms with Crippen LogP contribution < -0.4 is 11.1 Å². The van der Waals surface area contributed by atoms with Gasteiger partial charge in [0.1, 0.15) is 0 Å². The minimum Gasteiger partial charge on any atom is -0.399 e. The zero-order valence-corrected chi connectivity index (χ0v) is 9.12. The van der Waals surface area contributed by atoms with Gasteiger partial charge in [-0.3, -0.25) is 4.79 Å². The minimum absolute atomic E-state index is 0.140. The summed E-state index contributed by atoms with van der Waals surface area (Å²) < 4.78 is 0. The van der Waals surface area contributed by atoms with Crippen LogP contribution in [0.3, 0.4) is 0 Å². The standard InChI is InChI=1S/C9H10Cl2N2O/c1-2-8(14)13-9-6(10)3-5(12)4-7(9)11/h3-4H,2,12H2,1H3,(H,13,14). The monoisotopic (exact) mass is 232 g/mol. The smallest absolute Gasteiger partial charge is 0.224 e. The van der Waals surface area contributed by atoms with Gasteiger partial charge in [-0.15, -0.1) is 0 Å². The topological polar surface area (TPSA) is 55.1 Å². The summed E-state index contributed by atoms with van der Waals surface area (Å²) in [5, 5.41) is 3.29. The predicted molar refractivity (Wildman–Crippen MR) is 59.8 cm³/mol. The lowest BCUT2D eigenvalue weighted by Crippen LogP contribution is -2.10. The van der Waals surface area contributed by atoms with Crippen molar-refractivity contribution >= 4 is 40.5 Å². The molecule has 0 spiro atoms. The Hall–Kier alpha value is -0.930. The first-order valence-electron chi connectivity index (χ1n) is 4.09. The van der Waals surface area contributed by atoms with Crippen molar-refractivity contribution in [2.24, 2.45) is 0 Å². The molecule has 5 heteroatoms. The normalized spacial score (nSPS) is 9.93. The van der Waals surface area contributed by atoms with Crippen LogP contribution in [0.15, 0.2) is 12.1 Å². The van der Waals surface area contributed by atoms with Crippen LogP contribution in [0.5, 0.6) is 0 Å². The molecule has 0 aliphatic heterocycles. The lowest BCUT2D eigenvalue weighted by atomic mass is 10.2. The number of hydrogen-bond donors (Lipinski definition) is 2. The molecule has 0 radical (unpaired) electrons. The molecule has 0 bridgehead atoms. The van der Waals surface area contributed by atoms with E-state index in [-0.39, 0.29) is 5.91 Å². The van der Waals surface area contributed by atoms with Gasteiger partial charge >= 0.3 is 0 Å². The van der Waals surface area contributed by atoms with Crippen molar-refractivity contribution in [3.8, 4) is 0 Å². The molecule has 0 aromatic heterocycles. The van der Waals surface area contributed by atoms with E-state index in [0.29, 0.717) is 27.8 Å². The van der Waals surface area contributed by atoms with E-state index >= 15 is 0 Å². The van der Waals surface area contributed by atoms with Crippen LogP contribution in [-0.2, 0) is 4.79 Å². The van der Waals surface area contributed by atoms with Crippen molar-refractivity contribution in [2.75, 3.05) is 11.1 Å². The number of nitrogens with one attached hydrogen (secondary N) is 1. The molecule has 0 aliphatic carbocycles. The summed E-state index contributed by atoms with van der Waals surface area (Å²) in [7, 11) is 0. The van der Waals surface area contributed by atoms with Crippen LogP contribution in [0, 0.1) is 0 Å². The Morgan fingerprint density at radius 3 is 2.36 bits per heavy atom. The van der Waals surface area contributed by atoms with E-state index in [1.165, 1.54) is 0 Å². The molecular formula is C9H10Cl2N2O. The zero-order valence-electron chi connectivity index (χ0n) is 7.60. The van der Waals surface area contributed by atoms with Crippen molar-refractivity contribution in [1.82, 2.24) is 0 Å². The molecule has 0 heterocycles. The molecular weight excluding hydrogens is 223 g/mol. The Kier molecular flexibility index (Phi) is 3.61. The van der Waals surface area contributed by atoms with E-state index in [4.69, 9.17) is 28.9 Å². The third-order valence-electron chi connectivity index (χ3n) is 1.65. The largest absolute Gasteiger partial charge is 0.399 e. The molecule has 76 valence electrons. The molecule has 0 saturated heterocycles. The van der Waals surface area contributed by atoms with E-state index in [2.05, 4.69) is 5.32 Å². The number of nitrogens with two attached hydrogens (primary N) is 1. The number of carbonyl (C=O) groups is 1. The van der Waals surface area contributed by atoms with Crippen molar-refractivity contribution in [3.63, 3.8) is 0 Å². The third-order valence-corrected chi connectivity index (χ3v) is 2.25. The number of hydrogen-bond acceptors (Lipinski definition) is 2. The van der Waals surface area contributed by atoms with Crippen molar-refractivity contribution < 1.29 is 4.79 Å². The molecule has 14 heavy (non-hydrogen) atoms. The Labute approximate surface area is 92.2 Å². The number of carbonyl (C=O) groups excluding carboxylic acids is 1. The summed E-state index contributed by atoms with van der Waals surface area (Å²) in [5.74, 6) is -0.140. The van der Waals surface area contributed by atoms with E-state index in [1.54, 1.807) is 19.1 Å². The number of rotatable bonds is 2. The van der Waals surface area contributed by atoms with E-state index in [1.807, 2.05) is 0 Å². The maximum Gasteiger partial charge on any atom is 0.224 e. The predicted octanol–water partition coefficient (Wildman–Crippen LogP) is 2.92. The van der Waals surface area contributed by atoms with Gasteiger partial charge in [-0.25, -0.2) is 0 Å². The summed E-state index contributed by atoms with van der Waals surface area (Å²) in [5.41, 5.74) is 6.39. The molecule has 3 nitrogen and oxygen atoms in total. The average Bonchev–Trinajstić information content (AvgIpc) is 2.10. The Bertz CT molecular complexity index is 343. The minimum atomic E-state index is -0.140. The lowest BCUT2D eigenvalue weighted by molar-refractivity contribution is -0.115. The highest BCUT2D eigenvalue weighted by Crippen LogP contribution is 2.32. The molecule has 1 amide bonds. The molecule has 1 aromatic rings. The van der Waals surface area contributed by atoms with Crippen molar-refractivity contribution in [1.29, 1.82) is 0 Å². The van der Waals surface area contributed by atoms with Gasteiger partial charge in [-0.05, 0) is 12.1 Å². The van der Waals surface area contributed by atoms with Gasteiger partial charge in [0.25, 0.3) is 0 Å². The van der Waals surface area contributed by atoms with Gasteiger partial charge in [-0.2, -0.15) is 0 Å². The van der Waals surface area contributed by atoms with Crippen LogP contribution in [0.1, 0.15) is 13.3 Å². The number of nitrogen functional groups attached to an aromatic ring is 1. The molecule has 0 unspecified atom stereocenters. The Morgan fingerprint density at radius 2 is 1.93 bits per heavy atom. The van der Waals surface area contributed by atoms with Crippen molar-refractivity contribution in [3.05, 3.63) is 22.2 Å². The van der Waals surface area contributed by atoms with Gasteiger partial charge in [-0.1, -0.05) is 30.1 Å². The summed E-state index contributed by atoms with van der Waals surface area (Å²) in [4.78, 5) is 11.1. The van der Waals surface area contributed by atoms with E-state index < -0.39 is 0 Å². The van der Waals surface area contributed by atoms with Crippen LogP contribution in [0.25, 0.3) is 0 Å². The first kappa shape index (κ1) is 11.1. The van der Waals surface area contributed by atoms with Gasteiger partial charge in [0.15, 0.2) is 0 Å². The van der Waals surface area contributed by atoms with Crippen LogP contribution >= 0.6 is 23.2 Å². The zero-order chi connectivity index (χ0) is 10.7. The molecule has 1 rings (SSSR count). The molecule has 0 atom stereocenters. The van der Waals surface area contributed by atoms with Gasteiger partial charge in [0.05, 0.1) is 15.7 Å². The third kappa shape index (κ3) is 2.53. The van der Waals surface area contributed by atoms with Gasteiger partial charge in [0, 0.05) is 12.1 Å². The highest BCUT2D eigenvalue weighted by molar-refractivity contribution is 6.40. The summed E-state index contributed by atoms with van der Waals surface area (Å²) >= 11 is 11.7. The van der Waals surface area contributed by atoms with Gasteiger partial charge < -0.3 is 11.1 Å². The molecule has 0 saturated carbocycles. The number of amides is 1. The highest BCUT2D eigenvalue weighted by Gasteiger charge is 2.09. The number of benzene rings is 1. The second kappa shape index (κ2) is 4.53. The maximum atomic E-state index is 11.1. The van der Waals surface area contributed by atoms with E-state index in [9.17, 15) is 4.79 Å². The molecule has 0 fully saturated rings. The molecule has 0 aliphatic rings. The van der Waals surface area contributed by atoms with Crippen LogP contribution in [0.4, 0.5) is 11.4 Å². The quantitative estimate of drug-likeness (QED) is 0.771. The highest BCUT2D eigenvalue weighted by atomic mass is 35.5. The SMILES string of the molecule is CCC(=O)Nc1c(Cl)cc(N)cc1Cl. The fourth-order valence-corrected chi connectivity index (χ4v) is 1.54. The first-order chi connectivity index (χ1) is 6.54. The van der Waals surface area contributed by atoms with Crippen LogP contribution in [-0.4, -0.2) is 5.91 Å². The number of anilines is 2. The second-order valence-electron chi connectivity index (χ2n) is 2.76. The summed E-state index contributed by atoms with van der Waals surface area (Å²) in [6.45, 7) is 1.74. The van der Waals surface area contributed by atoms with E-state index in [0.717, 1.165) is 0 Å². The average molecular weight is 233 g/mol. The fourth-order valence-electron chi connectivity index (χ4n) is 0.940.